The number of anilines is 2. The Morgan fingerprint density at radius 3 is 2.47 bits per heavy atom. The number of hydrogen-bond donors (Lipinski definition) is 2. The first-order chi connectivity index (χ1) is 14.5. The summed E-state index contributed by atoms with van der Waals surface area (Å²) >= 11 is 3.60. The molecular formula is C25H23BrN2O2. The molecule has 0 saturated carbocycles. The Hall–Kier alpha value is -3.05. The number of benzene rings is 3. The second kappa shape index (κ2) is 8.76. The van der Waals surface area contributed by atoms with Gasteiger partial charge in [0.15, 0.2) is 0 Å². The maximum Gasteiger partial charge on any atom is 0.323 e. The molecule has 1 heterocycles. The van der Waals surface area contributed by atoms with Crippen molar-refractivity contribution in [3.63, 3.8) is 0 Å². The Labute approximate surface area is 185 Å². The van der Waals surface area contributed by atoms with Crippen LogP contribution in [-0.2, 0) is 0 Å². The molecule has 0 spiro atoms. The first kappa shape index (κ1) is 20.2. The molecule has 1 atom stereocenters. The highest BCUT2D eigenvalue weighted by Crippen LogP contribution is 2.42. The zero-order valence-corrected chi connectivity index (χ0v) is 18.5. The zero-order chi connectivity index (χ0) is 21.1. The van der Waals surface area contributed by atoms with Gasteiger partial charge < -0.3 is 15.4 Å². The van der Waals surface area contributed by atoms with Crippen LogP contribution in [0.5, 0.6) is 5.75 Å². The molecule has 30 heavy (non-hydrogen) atoms. The number of allylic oxidation sites excluding steroid dienone is 1. The van der Waals surface area contributed by atoms with Crippen molar-refractivity contribution >= 4 is 33.3 Å². The van der Waals surface area contributed by atoms with Crippen molar-refractivity contribution in [3.05, 3.63) is 99.5 Å². The van der Waals surface area contributed by atoms with E-state index in [0.717, 1.165) is 26.9 Å². The minimum Gasteiger partial charge on any atom is -0.487 e. The van der Waals surface area contributed by atoms with E-state index in [2.05, 4.69) is 57.8 Å². The predicted octanol–water partition coefficient (Wildman–Crippen LogP) is 6.87. The van der Waals surface area contributed by atoms with Crippen LogP contribution in [0, 0.1) is 6.92 Å². The molecule has 0 bridgehead atoms. The van der Waals surface area contributed by atoms with Gasteiger partial charge in [0.1, 0.15) is 12.4 Å². The van der Waals surface area contributed by atoms with Crippen molar-refractivity contribution in [2.45, 2.75) is 19.8 Å². The van der Waals surface area contributed by atoms with Crippen LogP contribution in [0.25, 0.3) is 0 Å². The Morgan fingerprint density at radius 1 is 1.00 bits per heavy atom. The van der Waals surface area contributed by atoms with Gasteiger partial charge in [-0.2, -0.15) is 0 Å². The number of amides is 2. The third-order valence-corrected chi connectivity index (χ3v) is 5.49. The van der Waals surface area contributed by atoms with Gasteiger partial charge in [0.2, 0.25) is 0 Å². The first-order valence-corrected chi connectivity index (χ1v) is 10.6. The van der Waals surface area contributed by atoms with Crippen LogP contribution < -0.4 is 15.4 Å². The minimum absolute atomic E-state index is 0.0434. The van der Waals surface area contributed by atoms with Gasteiger partial charge in [-0.3, -0.25) is 0 Å². The summed E-state index contributed by atoms with van der Waals surface area (Å²) in [5.74, 6) is 0.737. The number of fused-ring (bicyclic) bond motifs is 1. The van der Waals surface area contributed by atoms with Crippen molar-refractivity contribution < 1.29 is 9.53 Å². The summed E-state index contributed by atoms with van der Waals surface area (Å²) < 4.78 is 7.01. The van der Waals surface area contributed by atoms with Gasteiger partial charge in [0.25, 0.3) is 0 Å². The van der Waals surface area contributed by atoms with Gasteiger partial charge in [-0.15, -0.1) is 0 Å². The zero-order valence-electron chi connectivity index (χ0n) is 16.9. The summed E-state index contributed by atoms with van der Waals surface area (Å²) in [6, 6.07) is 21.6. The molecule has 2 N–H and O–H groups in total. The normalized spacial score (nSPS) is 15.3. The standard InChI is InChI=1S/C25H23BrN2O2/c1-16-8-10-20(11-9-16)27-25(29)28-23-14-19(26)13-22-21(18-6-4-3-5-7-18)12-17(2)15-30-24(22)23/h3-14,21H,15H2,1-2H3,(H2,27,28,29). The van der Waals surface area contributed by atoms with Crippen molar-refractivity contribution in [1.29, 1.82) is 0 Å². The fourth-order valence-corrected chi connectivity index (χ4v) is 4.04. The van der Waals surface area contributed by atoms with E-state index in [9.17, 15) is 4.79 Å². The largest absolute Gasteiger partial charge is 0.487 e. The number of nitrogens with one attached hydrogen (secondary N) is 2. The second-order valence-electron chi connectivity index (χ2n) is 7.51. The van der Waals surface area contributed by atoms with Crippen LogP contribution in [0.4, 0.5) is 16.2 Å². The van der Waals surface area contributed by atoms with E-state index < -0.39 is 0 Å². The summed E-state index contributed by atoms with van der Waals surface area (Å²) in [6.45, 7) is 4.55. The van der Waals surface area contributed by atoms with E-state index in [1.54, 1.807) is 0 Å². The molecule has 2 amide bonds. The topological polar surface area (TPSA) is 50.4 Å². The minimum atomic E-state index is -0.312. The summed E-state index contributed by atoms with van der Waals surface area (Å²) in [6.07, 6.45) is 2.23. The highest BCUT2D eigenvalue weighted by Gasteiger charge is 2.24. The van der Waals surface area contributed by atoms with Crippen LogP contribution >= 0.6 is 15.9 Å². The van der Waals surface area contributed by atoms with Crippen LogP contribution in [0.2, 0.25) is 0 Å². The maximum absolute atomic E-state index is 12.7. The average molecular weight is 463 g/mol. The molecule has 3 aromatic carbocycles. The smallest absolute Gasteiger partial charge is 0.323 e. The van der Waals surface area contributed by atoms with E-state index in [1.165, 1.54) is 5.56 Å². The molecular weight excluding hydrogens is 440 g/mol. The van der Waals surface area contributed by atoms with E-state index in [4.69, 9.17) is 4.74 Å². The predicted molar refractivity (Wildman–Crippen MR) is 125 cm³/mol. The van der Waals surface area contributed by atoms with Gasteiger partial charge in [-0.05, 0) is 49.2 Å². The lowest BCUT2D eigenvalue weighted by atomic mass is 9.89. The lowest BCUT2D eigenvalue weighted by Gasteiger charge is -2.20. The molecule has 3 aromatic rings. The molecule has 4 rings (SSSR count). The van der Waals surface area contributed by atoms with Crippen molar-refractivity contribution in [2.24, 2.45) is 0 Å². The quantitative estimate of drug-likeness (QED) is 0.417. The monoisotopic (exact) mass is 462 g/mol. The Balaban J connectivity index is 1.67. The molecule has 0 aromatic heterocycles. The molecule has 4 nitrogen and oxygen atoms in total. The summed E-state index contributed by atoms with van der Waals surface area (Å²) in [4.78, 5) is 12.7. The van der Waals surface area contributed by atoms with E-state index in [-0.39, 0.29) is 11.9 Å². The lowest BCUT2D eigenvalue weighted by molar-refractivity contribution is 0.262. The molecule has 5 heteroatoms. The first-order valence-electron chi connectivity index (χ1n) is 9.83. The number of ether oxygens (including phenoxy) is 1. The highest BCUT2D eigenvalue weighted by atomic mass is 79.9. The third-order valence-electron chi connectivity index (χ3n) is 5.03. The highest BCUT2D eigenvalue weighted by molar-refractivity contribution is 9.10. The van der Waals surface area contributed by atoms with Crippen LogP contribution in [0.1, 0.15) is 29.5 Å². The summed E-state index contributed by atoms with van der Waals surface area (Å²) in [7, 11) is 0. The molecule has 0 radical (unpaired) electrons. The Kier molecular flexibility index (Phi) is 5.91. The van der Waals surface area contributed by atoms with Gasteiger partial charge in [-0.1, -0.05) is 70.0 Å². The maximum atomic E-state index is 12.7. The number of aryl methyl sites for hydroxylation is 1. The van der Waals surface area contributed by atoms with Gasteiger partial charge in [0.05, 0.1) is 5.69 Å². The van der Waals surface area contributed by atoms with Crippen LogP contribution in [0.3, 0.4) is 0 Å². The number of urea groups is 1. The molecule has 1 aliphatic rings. The average Bonchev–Trinajstić information content (AvgIpc) is 2.89. The number of carbonyl (C=O) groups excluding carboxylic acids is 1. The van der Waals surface area contributed by atoms with E-state index in [1.807, 2.05) is 55.5 Å². The fraction of sp³-hybridized carbons (Fsp3) is 0.160. The van der Waals surface area contributed by atoms with Gasteiger partial charge >= 0.3 is 6.03 Å². The number of rotatable bonds is 3. The molecule has 1 unspecified atom stereocenters. The van der Waals surface area contributed by atoms with Crippen LogP contribution in [0.15, 0.2) is 82.9 Å². The summed E-state index contributed by atoms with van der Waals surface area (Å²) in [5.41, 5.74) is 5.84. The number of hydrogen-bond acceptors (Lipinski definition) is 2. The van der Waals surface area contributed by atoms with Crippen molar-refractivity contribution in [3.8, 4) is 5.75 Å². The molecule has 0 fully saturated rings. The van der Waals surface area contributed by atoms with E-state index >= 15 is 0 Å². The Morgan fingerprint density at radius 2 is 1.73 bits per heavy atom. The van der Waals surface area contributed by atoms with Gasteiger partial charge in [-0.25, -0.2) is 4.79 Å². The third kappa shape index (κ3) is 4.57. The van der Waals surface area contributed by atoms with Crippen LogP contribution in [-0.4, -0.2) is 12.6 Å². The van der Waals surface area contributed by atoms with Gasteiger partial charge in [0, 0.05) is 21.6 Å². The molecule has 1 aliphatic heterocycles. The van der Waals surface area contributed by atoms with Crippen molar-refractivity contribution in [1.82, 2.24) is 0 Å². The second-order valence-corrected chi connectivity index (χ2v) is 8.42. The Bertz CT molecular complexity index is 1090. The van der Waals surface area contributed by atoms with E-state index in [0.29, 0.717) is 18.0 Å². The van der Waals surface area contributed by atoms with Crippen molar-refractivity contribution in [2.75, 3.05) is 17.2 Å². The molecule has 152 valence electrons. The molecule has 0 aliphatic carbocycles. The SMILES string of the molecule is CC1=CC(c2ccccc2)c2cc(Br)cc(NC(=O)Nc3ccc(C)cc3)c2OC1. The number of carbonyl (C=O) groups is 1. The lowest BCUT2D eigenvalue weighted by Crippen LogP contribution is -2.20. The number of halogens is 1. The molecule has 0 saturated heterocycles. The summed E-state index contributed by atoms with van der Waals surface area (Å²) in [5, 5.41) is 5.84. The fourth-order valence-electron chi connectivity index (χ4n) is 3.57.